The molecule has 130 valence electrons. The molecule has 8 heteroatoms. The average molecular weight is 339 g/mol. The third kappa shape index (κ3) is 2.99. The summed E-state index contributed by atoms with van der Waals surface area (Å²) in [7, 11) is 0. The Morgan fingerprint density at radius 2 is 2.20 bits per heavy atom. The second-order valence-corrected chi connectivity index (χ2v) is 6.62. The standard InChI is InChI=1S/C17H21N7O/c1-12-9-19-22(10-12)11-14-5-3-4-8-23(14)16(25)15-20-17-18-7-6-13(2)24(17)21-15/h6-7,9-10,14H,3-5,8,11H2,1-2H3. The molecule has 1 saturated heterocycles. The number of piperidine rings is 1. The molecule has 0 spiro atoms. The highest BCUT2D eigenvalue weighted by Crippen LogP contribution is 2.20. The quantitative estimate of drug-likeness (QED) is 0.724. The fourth-order valence-corrected chi connectivity index (χ4v) is 3.37. The Hall–Kier alpha value is -2.77. The summed E-state index contributed by atoms with van der Waals surface area (Å²) in [6.07, 6.45) is 8.62. The number of nitrogens with zero attached hydrogens (tertiary/aromatic N) is 7. The monoisotopic (exact) mass is 339 g/mol. The van der Waals surface area contributed by atoms with Crippen molar-refractivity contribution in [1.82, 2.24) is 34.3 Å². The first-order valence-corrected chi connectivity index (χ1v) is 8.60. The molecule has 1 aliphatic heterocycles. The van der Waals surface area contributed by atoms with Crippen molar-refractivity contribution >= 4 is 11.7 Å². The van der Waals surface area contributed by atoms with Gasteiger partial charge in [-0.3, -0.25) is 9.48 Å². The fourth-order valence-electron chi connectivity index (χ4n) is 3.37. The zero-order valence-electron chi connectivity index (χ0n) is 14.5. The number of carbonyl (C=O) groups is 1. The van der Waals surface area contributed by atoms with Crippen molar-refractivity contribution < 1.29 is 4.79 Å². The van der Waals surface area contributed by atoms with E-state index in [1.54, 1.807) is 10.7 Å². The average Bonchev–Trinajstić information content (AvgIpc) is 3.22. The van der Waals surface area contributed by atoms with Gasteiger partial charge in [0.15, 0.2) is 0 Å². The zero-order chi connectivity index (χ0) is 17.4. The Balaban J connectivity index is 1.60. The number of rotatable bonds is 3. The first kappa shape index (κ1) is 15.7. The van der Waals surface area contributed by atoms with Crippen molar-refractivity contribution in [3.8, 4) is 0 Å². The Morgan fingerprint density at radius 1 is 1.32 bits per heavy atom. The molecular weight excluding hydrogens is 318 g/mol. The van der Waals surface area contributed by atoms with Crippen LogP contribution < -0.4 is 0 Å². The van der Waals surface area contributed by atoms with Crippen LogP contribution in [0.25, 0.3) is 5.78 Å². The number of fused-ring (bicyclic) bond motifs is 1. The number of amides is 1. The van der Waals surface area contributed by atoms with E-state index in [-0.39, 0.29) is 17.8 Å². The summed E-state index contributed by atoms with van der Waals surface area (Å²) in [6, 6.07) is 1.96. The SMILES string of the molecule is Cc1cnn(CC2CCCCN2C(=O)c2nc3nccc(C)n3n2)c1. The molecule has 0 bridgehead atoms. The van der Waals surface area contributed by atoms with Crippen LogP contribution in [0.5, 0.6) is 0 Å². The van der Waals surface area contributed by atoms with Gasteiger partial charge in [0.25, 0.3) is 11.7 Å². The van der Waals surface area contributed by atoms with Gasteiger partial charge in [0.2, 0.25) is 5.82 Å². The second-order valence-electron chi connectivity index (χ2n) is 6.62. The largest absolute Gasteiger partial charge is 0.331 e. The summed E-state index contributed by atoms with van der Waals surface area (Å²) in [5.74, 6) is 0.545. The van der Waals surface area contributed by atoms with E-state index in [4.69, 9.17) is 0 Å². The van der Waals surface area contributed by atoms with Gasteiger partial charge in [0.05, 0.1) is 18.8 Å². The summed E-state index contributed by atoms with van der Waals surface area (Å²) in [4.78, 5) is 23.4. The van der Waals surface area contributed by atoms with E-state index in [0.29, 0.717) is 12.3 Å². The molecule has 0 aromatic carbocycles. The van der Waals surface area contributed by atoms with Crippen LogP contribution in [0.3, 0.4) is 0 Å². The molecule has 1 aliphatic rings. The van der Waals surface area contributed by atoms with Crippen LogP contribution in [0, 0.1) is 13.8 Å². The van der Waals surface area contributed by atoms with Crippen LogP contribution in [-0.2, 0) is 6.54 Å². The van der Waals surface area contributed by atoms with Crippen LogP contribution in [-0.4, -0.2) is 52.8 Å². The van der Waals surface area contributed by atoms with E-state index >= 15 is 0 Å². The van der Waals surface area contributed by atoms with Gasteiger partial charge in [-0.25, -0.2) is 9.50 Å². The lowest BCUT2D eigenvalue weighted by Gasteiger charge is -2.35. The lowest BCUT2D eigenvalue weighted by Crippen LogP contribution is -2.46. The zero-order valence-corrected chi connectivity index (χ0v) is 14.5. The van der Waals surface area contributed by atoms with Crippen LogP contribution in [0.2, 0.25) is 0 Å². The molecule has 1 amide bonds. The topological polar surface area (TPSA) is 81.2 Å². The molecule has 3 aromatic heterocycles. The number of hydrogen-bond donors (Lipinski definition) is 0. The minimum Gasteiger partial charge on any atom is -0.331 e. The van der Waals surface area contributed by atoms with Gasteiger partial charge >= 0.3 is 0 Å². The molecule has 25 heavy (non-hydrogen) atoms. The number of carbonyl (C=O) groups excluding carboxylic acids is 1. The van der Waals surface area contributed by atoms with Gasteiger partial charge in [0.1, 0.15) is 0 Å². The molecule has 1 unspecified atom stereocenters. The van der Waals surface area contributed by atoms with Crippen LogP contribution in [0.15, 0.2) is 24.7 Å². The van der Waals surface area contributed by atoms with Gasteiger partial charge in [-0.05, 0) is 44.7 Å². The van der Waals surface area contributed by atoms with Gasteiger partial charge in [0, 0.05) is 24.6 Å². The van der Waals surface area contributed by atoms with Crippen LogP contribution >= 0.6 is 0 Å². The Morgan fingerprint density at radius 3 is 2.96 bits per heavy atom. The van der Waals surface area contributed by atoms with Crippen molar-refractivity contribution in [2.75, 3.05) is 6.54 Å². The first-order valence-electron chi connectivity index (χ1n) is 8.60. The molecule has 0 radical (unpaired) electrons. The molecule has 0 saturated carbocycles. The molecule has 4 rings (SSSR count). The van der Waals surface area contributed by atoms with Crippen molar-refractivity contribution in [1.29, 1.82) is 0 Å². The fraction of sp³-hybridized carbons (Fsp3) is 0.471. The minimum atomic E-state index is -0.126. The van der Waals surface area contributed by atoms with Gasteiger partial charge in [-0.2, -0.15) is 10.1 Å². The number of aromatic nitrogens is 6. The third-order valence-electron chi connectivity index (χ3n) is 4.67. The van der Waals surface area contributed by atoms with E-state index in [1.807, 2.05) is 41.9 Å². The summed E-state index contributed by atoms with van der Waals surface area (Å²) < 4.78 is 3.53. The molecule has 1 atom stereocenters. The molecule has 0 aliphatic carbocycles. The molecule has 3 aromatic rings. The Kier molecular flexibility index (Phi) is 3.95. The lowest BCUT2D eigenvalue weighted by atomic mass is 10.0. The smallest absolute Gasteiger partial charge is 0.293 e. The Labute approximate surface area is 145 Å². The normalized spacial score (nSPS) is 18.0. The Bertz CT molecular complexity index is 913. The highest BCUT2D eigenvalue weighted by Gasteiger charge is 2.30. The van der Waals surface area contributed by atoms with Gasteiger partial charge < -0.3 is 4.90 Å². The molecule has 0 N–H and O–H groups in total. The highest BCUT2D eigenvalue weighted by atomic mass is 16.2. The third-order valence-corrected chi connectivity index (χ3v) is 4.67. The van der Waals surface area contributed by atoms with Crippen molar-refractivity contribution in [2.24, 2.45) is 0 Å². The summed E-state index contributed by atoms with van der Waals surface area (Å²) in [5.41, 5.74) is 2.02. The highest BCUT2D eigenvalue weighted by molar-refractivity contribution is 5.91. The van der Waals surface area contributed by atoms with Crippen LogP contribution in [0.1, 0.15) is 41.1 Å². The predicted octanol–water partition coefficient (Wildman–Crippen LogP) is 1.63. The molecule has 1 fully saturated rings. The number of likely N-dealkylation sites (tertiary alicyclic amines) is 1. The summed E-state index contributed by atoms with van der Waals surface area (Å²) in [6.45, 7) is 5.36. The van der Waals surface area contributed by atoms with Gasteiger partial charge in [-0.1, -0.05) is 0 Å². The van der Waals surface area contributed by atoms with E-state index in [1.165, 1.54) is 0 Å². The van der Waals surface area contributed by atoms with Crippen molar-refractivity contribution in [2.45, 2.75) is 45.7 Å². The van der Waals surface area contributed by atoms with E-state index in [2.05, 4.69) is 20.2 Å². The van der Waals surface area contributed by atoms with E-state index < -0.39 is 0 Å². The predicted molar refractivity (Wildman–Crippen MR) is 91.2 cm³/mol. The molecule has 4 heterocycles. The van der Waals surface area contributed by atoms with E-state index in [0.717, 1.165) is 37.1 Å². The first-order chi connectivity index (χ1) is 12.1. The maximum absolute atomic E-state index is 13.0. The molecular formula is C17H21N7O. The van der Waals surface area contributed by atoms with Crippen molar-refractivity contribution in [3.05, 3.63) is 41.7 Å². The lowest BCUT2D eigenvalue weighted by molar-refractivity contribution is 0.0571. The van der Waals surface area contributed by atoms with Crippen molar-refractivity contribution in [3.63, 3.8) is 0 Å². The summed E-state index contributed by atoms with van der Waals surface area (Å²) in [5, 5.41) is 8.72. The van der Waals surface area contributed by atoms with Gasteiger partial charge in [-0.15, -0.1) is 5.10 Å². The van der Waals surface area contributed by atoms with E-state index in [9.17, 15) is 4.79 Å². The van der Waals surface area contributed by atoms with Crippen LogP contribution in [0.4, 0.5) is 0 Å². The number of aryl methyl sites for hydroxylation is 2. The minimum absolute atomic E-state index is 0.112. The molecule has 8 nitrogen and oxygen atoms in total. The second kappa shape index (κ2) is 6.27. The number of hydrogen-bond acceptors (Lipinski definition) is 5. The summed E-state index contributed by atoms with van der Waals surface area (Å²) >= 11 is 0. The maximum atomic E-state index is 13.0. The maximum Gasteiger partial charge on any atom is 0.293 e.